The van der Waals surface area contributed by atoms with E-state index >= 15 is 0 Å². The summed E-state index contributed by atoms with van der Waals surface area (Å²) >= 11 is 0. The van der Waals surface area contributed by atoms with E-state index in [9.17, 15) is 5.26 Å². The van der Waals surface area contributed by atoms with Crippen LogP contribution in [-0.2, 0) is 6.54 Å². The summed E-state index contributed by atoms with van der Waals surface area (Å²) in [6.07, 6.45) is 10.5. The van der Waals surface area contributed by atoms with Crippen LogP contribution in [-0.4, -0.2) is 63.4 Å². The van der Waals surface area contributed by atoms with Crippen molar-refractivity contribution in [3.8, 4) is 28.8 Å². The number of rotatable bonds is 9. The summed E-state index contributed by atoms with van der Waals surface area (Å²) in [6, 6.07) is 13.5. The van der Waals surface area contributed by atoms with Gasteiger partial charge in [0.25, 0.3) is 0 Å². The van der Waals surface area contributed by atoms with Gasteiger partial charge in [0.05, 0.1) is 37.2 Å². The lowest BCUT2D eigenvalue weighted by Crippen LogP contribution is -2.68. The maximum absolute atomic E-state index is 9.65. The lowest BCUT2D eigenvalue weighted by atomic mass is 9.87. The zero-order chi connectivity index (χ0) is 26.1. The first kappa shape index (κ1) is 24.2. The Bertz CT molecular complexity index is 1450. The number of hydrogen-bond donors (Lipinski definition) is 0. The second-order valence-corrected chi connectivity index (χ2v) is 9.99. The molecule has 0 aromatic carbocycles. The predicted molar refractivity (Wildman–Crippen MR) is 144 cm³/mol. The second-order valence-electron chi connectivity index (χ2n) is 9.99. The zero-order valence-corrected chi connectivity index (χ0v) is 21.7. The molecule has 9 heteroatoms. The van der Waals surface area contributed by atoms with Crippen LogP contribution in [0.25, 0.3) is 16.6 Å². The largest absolute Gasteiger partial charge is 0.492 e. The smallest absolute Gasteiger partial charge is 0.212 e. The van der Waals surface area contributed by atoms with Crippen LogP contribution in [0, 0.1) is 11.3 Å². The van der Waals surface area contributed by atoms with Crippen molar-refractivity contribution in [1.29, 1.82) is 5.26 Å². The van der Waals surface area contributed by atoms with Crippen LogP contribution in [0.4, 0.5) is 5.82 Å². The molecule has 3 aliphatic rings. The first-order valence-corrected chi connectivity index (χ1v) is 13.2. The van der Waals surface area contributed by atoms with Gasteiger partial charge in [-0.3, -0.25) is 4.90 Å². The third kappa shape index (κ3) is 4.52. The van der Waals surface area contributed by atoms with Crippen molar-refractivity contribution < 1.29 is 9.47 Å². The zero-order valence-electron chi connectivity index (χ0n) is 21.7. The summed E-state index contributed by atoms with van der Waals surface area (Å²) in [5.74, 6) is 2.36. The third-order valence-electron chi connectivity index (χ3n) is 7.57. The molecule has 0 aliphatic carbocycles. The number of unbranched alkanes of at least 4 members (excludes halogenated alkanes) is 1. The van der Waals surface area contributed by atoms with Gasteiger partial charge in [0.1, 0.15) is 17.6 Å². The topological polar surface area (TPSA) is 91.8 Å². The molecule has 194 valence electrons. The van der Waals surface area contributed by atoms with Crippen molar-refractivity contribution in [1.82, 2.24) is 24.5 Å². The highest BCUT2D eigenvalue weighted by molar-refractivity contribution is 5.85. The van der Waals surface area contributed by atoms with Crippen molar-refractivity contribution in [2.45, 2.75) is 44.8 Å². The first-order chi connectivity index (χ1) is 18.7. The van der Waals surface area contributed by atoms with E-state index in [0.29, 0.717) is 30.1 Å². The Morgan fingerprint density at radius 3 is 2.63 bits per heavy atom. The summed E-state index contributed by atoms with van der Waals surface area (Å²) in [5.41, 5.74) is 4.35. The third-order valence-corrected chi connectivity index (χ3v) is 7.57. The molecule has 38 heavy (non-hydrogen) atoms. The fourth-order valence-electron chi connectivity index (χ4n) is 5.51. The molecular weight excluding hydrogens is 478 g/mol. The van der Waals surface area contributed by atoms with Crippen LogP contribution in [0.1, 0.15) is 37.3 Å². The van der Waals surface area contributed by atoms with Gasteiger partial charge in [0, 0.05) is 61.3 Å². The number of anilines is 1. The summed E-state index contributed by atoms with van der Waals surface area (Å²) in [7, 11) is 1.64. The van der Waals surface area contributed by atoms with Crippen molar-refractivity contribution >= 4 is 11.3 Å². The minimum atomic E-state index is 0.513. The molecule has 0 radical (unpaired) electrons. The Labute approximate surface area is 222 Å². The highest BCUT2D eigenvalue weighted by Crippen LogP contribution is 2.36. The van der Waals surface area contributed by atoms with Crippen molar-refractivity contribution in [2.75, 3.05) is 31.7 Å². The van der Waals surface area contributed by atoms with E-state index in [-0.39, 0.29) is 0 Å². The molecule has 3 fully saturated rings. The molecule has 3 saturated heterocycles. The molecule has 2 unspecified atom stereocenters. The number of pyridine rings is 3. The molecule has 4 aromatic heterocycles. The highest BCUT2D eigenvalue weighted by atomic mass is 16.5. The van der Waals surface area contributed by atoms with E-state index in [1.165, 1.54) is 12.0 Å². The number of ether oxygens (including phenoxy) is 2. The average molecular weight is 510 g/mol. The Balaban J connectivity index is 1.18. The second kappa shape index (κ2) is 10.3. The molecule has 7 rings (SSSR count). The molecule has 7 heterocycles. The molecule has 0 N–H and O–H groups in total. The van der Waals surface area contributed by atoms with Gasteiger partial charge in [-0.05, 0) is 36.6 Å². The fourth-order valence-corrected chi connectivity index (χ4v) is 5.51. The van der Waals surface area contributed by atoms with E-state index in [1.54, 1.807) is 17.8 Å². The maximum Gasteiger partial charge on any atom is 0.212 e. The summed E-state index contributed by atoms with van der Waals surface area (Å²) in [5, 5.41) is 14.0. The number of hydrogen-bond acceptors (Lipinski definition) is 8. The first-order valence-electron chi connectivity index (χ1n) is 13.2. The van der Waals surface area contributed by atoms with Gasteiger partial charge in [-0.25, -0.2) is 14.5 Å². The van der Waals surface area contributed by atoms with Crippen molar-refractivity contribution in [3.63, 3.8) is 0 Å². The van der Waals surface area contributed by atoms with Crippen LogP contribution < -0.4 is 14.4 Å². The molecule has 0 amide bonds. The maximum atomic E-state index is 9.65. The number of piperazine rings is 1. The van der Waals surface area contributed by atoms with Gasteiger partial charge in [-0.2, -0.15) is 10.4 Å². The molecular formula is C29H31N7O2. The van der Waals surface area contributed by atoms with Gasteiger partial charge >= 0.3 is 0 Å². The van der Waals surface area contributed by atoms with Gasteiger partial charge in [-0.1, -0.05) is 19.4 Å². The summed E-state index contributed by atoms with van der Waals surface area (Å²) in [6.45, 7) is 5.61. The van der Waals surface area contributed by atoms with Crippen LogP contribution in [0.3, 0.4) is 0 Å². The van der Waals surface area contributed by atoms with Crippen LogP contribution >= 0.6 is 0 Å². The number of aromatic nitrogens is 4. The van der Waals surface area contributed by atoms with E-state index in [1.807, 2.05) is 30.7 Å². The van der Waals surface area contributed by atoms with E-state index in [0.717, 1.165) is 60.7 Å². The van der Waals surface area contributed by atoms with Gasteiger partial charge in [0.15, 0.2) is 0 Å². The van der Waals surface area contributed by atoms with Crippen LogP contribution in [0.2, 0.25) is 0 Å². The summed E-state index contributed by atoms with van der Waals surface area (Å²) < 4.78 is 12.9. The minimum absolute atomic E-state index is 0.513. The summed E-state index contributed by atoms with van der Waals surface area (Å²) in [4.78, 5) is 14.1. The quantitative estimate of drug-likeness (QED) is 0.308. The van der Waals surface area contributed by atoms with E-state index in [4.69, 9.17) is 14.5 Å². The lowest BCUT2D eigenvalue weighted by Gasteiger charge is -2.56. The molecule has 2 atom stereocenters. The van der Waals surface area contributed by atoms with Gasteiger partial charge < -0.3 is 14.4 Å². The Hall–Kier alpha value is -4.16. The van der Waals surface area contributed by atoms with Crippen molar-refractivity contribution in [3.05, 3.63) is 66.2 Å². The molecule has 0 saturated carbocycles. The van der Waals surface area contributed by atoms with Gasteiger partial charge in [-0.15, -0.1) is 0 Å². The Morgan fingerprint density at radius 1 is 1.08 bits per heavy atom. The van der Waals surface area contributed by atoms with Crippen LogP contribution in [0.15, 0.2) is 55.1 Å². The standard InChI is InChI=1S/C29H31N7O2/c1-3-4-9-38-25-11-26(29-22(12-30)15-33-36(29)19-25)21-6-7-27(31-14-21)34-17-23-10-24(18-34)35(23)16-20-5-8-28(37-2)32-13-20/h5-8,11,13-15,19,23-24H,3-4,9-10,16-18H2,1-2H3. The normalized spacial score (nSPS) is 18.7. The molecule has 3 aliphatic heterocycles. The van der Waals surface area contributed by atoms with E-state index < -0.39 is 0 Å². The molecule has 9 nitrogen and oxygen atoms in total. The molecule has 0 spiro atoms. The lowest BCUT2D eigenvalue weighted by molar-refractivity contribution is -0.00876. The van der Waals surface area contributed by atoms with Crippen molar-refractivity contribution in [2.24, 2.45) is 0 Å². The highest BCUT2D eigenvalue weighted by Gasteiger charge is 2.44. The molecule has 4 aromatic rings. The Morgan fingerprint density at radius 2 is 1.95 bits per heavy atom. The fraction of sp³-hybridized carbons (Fsp3) is 0.379. The number of fused-ring (bicyclic) bond motifs is 3. The number of nitrogens with zero attached hydrogens (tertiary/aromatic N) is 7. The van der Waals surface area contributed by atoms with Crippen LogP contribution in [0.5, 0.6) is 11.6 Å². The Kier molecular flexibility index (Phi) is 6.56. The number of piperidine rings is 1. The average Bonchev–Trinajstić information content (AvgIpc) is 3.39. The van der Waals surface area contributed by atoms with Gasteiger partial charge in [0.2, 0.25) is 5.88 Å². The number of methoxy groups -OCH3 is 1. The monoisotopic (exact) mass is 509 g/mol. The predicted octanol–water partition coefficient (Wildman–Crippen LogP) is 4.31. The minimum Gasteiger partial charge on any atom is -0.492 e. The molecule has 2 bridgehead atoms. The van der Waals surface area contributed by atoms with E-state index in [2.05, 4.69) is 51.1 Å². The SMILES string of the molecule is CCCCOc1cc(-c2ccc(N3CC4CC(C3)N4Cc3ccc(OC)nc3)nc2)c2c(C#N)cnn2c1. The number of nitriles is 1.